The Morgan fingerprint density at radius 3 is 2.50 bits per heavy atom. The van der Waals surface area contributed by atoms with Gasteiger partial charge in [0.25, 0.3) is 5.91 Å². The van der Waals surface area contributed by atoms with E-state index >= 15 is 0 Å². The van der Waals surface area contributed by atoms with Crippen LogP contribution in [0.2, 0.25) is 0 Å². The molecule has 26 heavy (non-hydrogen) atoms. The SMILES string of the molecule is Cc1ccccc1CN1CCN(C(=O)C(C)NC(=O)c2ccco2)CC1. The molecule has 1 N–H and O–H groups in total. The van der Waals surface area contributed by atoms with Gasteiger partial charge in [0.1, 0.15) is 6.04 Å². The van der Waals surface area contributed by atoms with Crippen LogP contribution in [0.25, 0.3) is 0 Å². The molecule has 0 radical (unpaired) electrons. The number of carbonyl (C=O) groups is 2. The molecule has 0 bridgehead atoms. The molecule has 0 aliphatic carbocycles. The van der Waals surface area contributed by atoms with Gasteiger partial charge in [0.05, 0.1) is 6.26 Å². The lowest BCUT2D eigenvalue weighted by atomic mass is 10.1. The molecule has 1 atom stereocenters. The van der Waals surface area contributed by atoms with Crippen LogP contribution in [0, 0.1) is 6.92 Å². The zero-order valence-corrected chi connectivity index (χ0v) is 15.3. The number of rotatable bonds is 5. The van der Waals surface area contributed by atoms with Crippen molar-refractivity contribution in [1.29, 1.82) is 0 Å². The van der Waals surface area contributed by atoms with E-state index in [-0.39, 0.29) is 17.6 Å². The van der Waals surface area contributed by atoms with Crippen LogP contribution in [-0.2, 0) is 11.3 Å². The summed E-state index contributed by atoms with van der Waals surface area (Å²) in [5.41, 5.74) is 2.62. The van der Waals surface area contributed by atoms with E-state index in [9.17, 15) is 9.59 Å². The molecular weight excluding hydrogens is 330 g/mol. The molecule has 1 aromatic heterocycles. The first-order valence-electron chi connectivity index (χ1n) is 8.94. The Bertz CT molecular complexity index is 749. The number of nitrogens with one attached hydrogen (secondary N) is 1. The summed E-state index contributed by atoms with van der Waals surface area (Å²) in [7, 11) is 0. The van der Waals surface area contributed by atoms with Gasteiger partial charge >= 0.3 is 0 Å². The Morgan fingerprint density at radius 1 is 1.12 bits per heavy atom. The normalized spacial score (nSPS) is 16.3. The van der Waals surface area contributed by atoms with E-state index in [1.54, 1.807) is 19.1 Å². The van der Waals surface area contributed by atoms with E-state index in [1.165, 1.54) is 17.4 Å². The summed E-state index contributed by atoms with van der Waals surface area (Å²) in [4.78, 5) is 28.8. The van der Waals surface area contributed by atoms with Crippen molar-refractivity contribution in [2.24, 2.45) is 0 Å². The van der Waals surface area contributed by atoms with Gasteiger partial charge in [0.15, 0.2) is 5.76 Å². The van der Waals surface area contributed by atoms with Gasteiger partial charge in [-0.25, -0.2) is 0 Å². The number of piperazine rings is 1. The summed E-state index contributed by atoms with van der Waals surface area (Å²) in [6.45, 7) is 7.75. The second-order valence-corrected chi connectivity index (χ2v) is 6.70. The Balaban J connectivity index is 1.48. The first-order valence-corrected chi connectivity index (χ1v) is 8.94. The monoisotopic (exact) mass is 355 g/mol. The number of nitrogens with zero attached hydrogens (tertiary/aromatic N) is 2. The topological polar surface area (TPSA) is 65.8 Å². The highest BCUT2D eigenvalue weighted by molar-refractivity contribution is 5.95. The molecule has 1 aliphatic heterocycles. The standard InChI is InChI=1S/C20H25N3O3/c1-15-6-3-4-7-17(15)14-22-9-11-23(12-10-22)20(25)16(2)21-19(24)18-8-5-13-26-18/h3-8,13,16H,9-12,14H2,1-2H3,(H,21,24). The van der Waals surface area contributed by atoms with Crippen molar-refractivity contribution in [3.63, 3.8) is 0 Å². The fourth-order valence-corrected chi connectivity index (χ4v) is 3.17. The van der Waals surface area contributed by atoms with Crippen LogP contribution in [0.3, 0.4) is 0 Å². The van der Waals surface area contributed by atoms with Gasteiger partial charge in [-0.2, -0.15) is 0 Å². The Morgan fingerprint density at radius 2 is 1.85 bits per heavy atom. The van der Waals surface area contributed by atoms with Crippen molar-refractivity contribution in [3.05, 3.63) is 59.5 Å². The quantitative estimate of drug-likeness (QED) is 0.891. The van der Waals surface area contributed by atoms with Gasteiger partial charge in [-0.15, -0.1) is 0 Å². The maximum Gasteiger partial charge on any atom is 0.287 e. The summed E-state index contributed by atoms with van der Waals surface area (Å²) >= 11 is 0. The average Bonchev–Trinajstić information content (AvgIpc) is 3.18. The van der Waals surface area contributed by atoms with Crippen molar-refractivity contribution < 1.29 is 14.0 Å². The third kappa shape index (κ3) is 4.32. The third-order valence-corrected chi connectivity index (χ3v) is 4.80. The van der Waals surface area contributed by atoms with Gasteiger partial charge in [-0.05, 0) is 37.1 Å². The molecule has 0 spiro atoms. The number of hydrogen-bond acceptors (Lipinski definition) is 4. The number of furan rings is 1. The first kappa shape index (κ1) is 18.2. The highest BCUT2D eigenvalue weighted by atomic mass is 16.3. The molecule has 2 heterocycles. The Hall–Kier alpha value is -2.60. The molecule has 1 aliphatic rings. The number of carbonyl (C=O) groups excluding carboxylic acids is 2. The summed E-state index contributed by atoms with van der Waals surface area (Å²) < 4.78 is 5.06. The maximum atomic E-state index is 12.6. The number of benzene rings is 1. The third-order valence-electron chi connectivity index (χ3n) is 4.80. The number of amides is 2. The highest BCUT2D eigenvalue weighted by Gasteiger charge is 2.26. The molecule has 6 heteroatoms. The lowest BCUT2D eigenvalue weighted by Crippen LogP contribution is -2.53. The molecule has 1 saturated heterocycles. The van der Waals surface area contributed by atoms with Gasteiger partial charge in [-0.1, -0.05) is 24.3 Å². The molecule has 0 saturated carbocycles. The van der Waals surface area contributed by atoms with Crippen molar-refractivity contribution in [1.82, 2.24) is 15.1 Å². The van der Waals surface area contributed by atoms with Crippen LogP contribution in [0.5, 0.6) is 0 Å². The van der Waals surface area contributed by atoms with Crippen molar-refractivity contribution in [3.8, 4) is 0 Å². The summed E-state index contributed by atoms with van der Waals surface area (Å²) in [6, 6.07) is 11.0. The maximum absolute atomic E-state index is 12.6. The largest absolute Gasteiger partial charge is 0.459 e. The molecule has 6 nitrogen and oxygen atoms in total. The van der Waals surface area contributed by atoms with Crippen LogP contribution < -0.4 is 5.32 Å². The second kappa shape index (κ2) is 8.19. The lowest BCUT2D eigenvalue weighted by molar-refractivity contribution is -0.134. The minimum absolute atomic E-state index is 0.0551. The zero-order valence-electron chi connectivity index (χ0n) is 15.3. The predicted molar refractivity (Wildman–Crippen MR) is 98.7 cm³/mol. The average molecular weight is 355 g/mol. The molecular formula is C20H25N3O3. The Kier molecular flexibility index (Phi) is 5.73. The minimum Gasteiger partial charge on any atom is -0.459 e. The van der Waals surface area contributed by atoms with Crippen molar-refractivity contribution in [2.45, 2.75) is 26.4 Å². The van der Waals surface area contributed by atoms with Gasteiger partial charge in [-0.3, -0.25) is 14.5 Å². The summed E-state index contributed by atoms with van der Waals surface area (Å²) in [6.07, 6.45) is 1.44. The van der Waals surface area contributed by atoms with E-state index in [0.717, 1.165) is 19.6 Å². The molecule has 1 aromatic carbocycles. The number of aryl methyl sites for hydroxylation is 1. The van der Waals surface area contributed by atoms with Crippen LogP contribution in [-0.4, -0.2) is 53.8 Å². The van der Waals surface area contributed by atoms with Crippen molar-refractivity contribution >= 4 is 11.8 Å². The second-order valence-electron chi connectivity index (χ2n) is 6.70. The van der Waals surface area contributed by atoms with Crippen molar-refractivity contribution in [2.75, 3.05) is 26.2 Å². The minimum atomic E-state index is -0.574. The fraction of sp³-hybridized carbons (Fsp3) is 0.400. The molecule has 1 unspecified atom stereocenters. The molecule has 2 aromatic rings. The molecule has 3 rings (SSSR count). The van der Waals surface area contributed by atoms with E-state index in [4.69, 9.17) is 4.42 Å². The summed E-state index contributed by atoms with van der Waals surface area (Å²) in [5, 5.41) is 2.70. The highest BCUT2D eigenvalue weighted by Crippen LogP contribution is 2.13. The zero-order chi connectivity index (χ0) is 18.5. The lowest BCUT2D eigenvalue weighted by Gasteiger charge is -2.36. The molecule has 138 valence electrons. The Labute approximate surface area is 153 Å². The fourth-order valence-electron chi connectivity index (χ4n) is 3.17. The van der Waals surface area contributed by atoms with E-state index in [1.807, 2.05) is 11.0 Å². The van der Waals surface area contributed by atoms with Crippen LogP contribution in [0.15, 0.2) is 47.1 Å². The van der Waals surface area contributed by atoms with E-state index in [2.05, 4.69) is 35.3 Å². The predicted octanol–water partition coefficient (Wildman–Crippen LogP) is 2.05. The summed E-state index contributed by atoms with van der Waals surface area (Å²) in [5.74, 6) is -0.206. The van der Waals surface area contributed by atoms with Gasteiger partial charge in [0.2, 0.25) is 5.91 Å². The smallest absolute Gasteiger partial charge is 0.287 e. The first-order chi connectivity index (χ1) is 12.5. The van der Waals surface area contributed by atoms with Crippen LogP contribution in [0.1, 0.15) is 28.6 Å². The molecule has 2 amide bonds. The molecule has 1 fully saturated rings. The van der Waals surface area contributed by atoms with Gasteiger partial charge in [0, 0.05) is 32.7 Å². The van der Waals surface area contributed by atoms with E-state index in [0.29, 0.717) is 13.1 Å². The van der Waals surface area contributed by atoms with Crippen LogP contribution >= 0.6 is 0 Å². The van der Waals surface area contributed by atoms with E-state index < -0.39 is 6.04 Å². The van der Waals surface area contributed by atoms with Crippen LogP contribution in [0.4, 0.5) is 0 Å². The number of hydrogen-bond donors (Lipinski definition) is 1. The van der Waals surface area contributed by atoms with Gasteiger partial charge < -0.3 is 14.6 Å².